The van der Waals surface area contributed by atoms with E-state index in [1.165, 1.54) is 0 Å². The highest BCUT2D eigenvalue weighted by atomic mass is 35.5. The molecule has 0 spiro atoms. The average molecular weight is 334 g/mol. The maximum absolute atomic E-state index is 12.1. The van der Waals surface area contributed by atoms with E-state index in [1.807, 2.05) is 30.3 Å². The second-order valence-corrected chi connectivity index (χ2v) is 5.48. The average Bonchev–Trinajstić information content (AvgIpc) is 3.07. The number of pyridine rings is 1. The number of halogens is 1. The molecule has 3 N–H and O–H groups in total. The monoisotopic (exact) mass is 333 g/mol. The van der Waals surface area contributed by atoms with Gasteiger partial charge in [-0.2, -0.15) is 0 Å². The van der Waals surface area contributed by atoms with Crippen LogP contribution in [0, 0.1) is 0 Å². The molecule has 1 aromatic carbocycles. The molecule has 1 aliphatic heterocycles. The fourth-order valence-corrected chi connectivity index (χ4v) is 2.68. The van der Waals surface area contributed by atoms with Gasteiger partial charge in [-0.3, -0.25) is 9.59 Å². The molecule has 1 unspecified atom stereocenters. The van der Waals surface area contributed by atoms with Crippen LogP contribution in [0.5, 0.6) is 0 Å². The number of carbonyl (C=O) groups is 1. The first kappa shape index (κ1) is 17.2. The minimum absolute atomic E-state index is 0. The van der Waals surface area contributed by atoms with Crippen molar-refractivity contribution in [2.45, 2.75) is 18.9 Å². The molecule has 23 heavy (non-hydrogen) atoms. The summed E-state index contributed by atoms with van der Waals surface area (Å²) in [5.41, 5.74) is 1.41. The SMILES string of the molecule is Cl.O=C(NCC1CCCN1)c1ccc(-c2ccccc2)[nH]c1=O. The molecular formula is C17H20ClN3O2. The van der Waals surface area contributed by atoms with E-state index in [9.17, 15) is 9.59 Å². The first-order valence-corrected chi connectivity index (χ1v) is 7.54. The fraction of sp³-hybridized carbons (Fsp3) is 0.294. The van der Waals surface area contributed by atoms with Gasteiger partial charge in [-0.1, -0.05) is 30.3 Å². The van der Waals surface area contributed by atoms with Crippen molar-refractivity contribution in [1.82, 2.24) is 15.6 Å². The predicted octanol–water partition coefficient (Wildman–Crippen LogP) is 1.95. The van der Waals surface area contributed by atoms with Crippen LogP contribution < -0.4 is 16.2 Å². The number of carbonyl (C=O) groups excluding carboxylic acids is 1. The van der Waals surface area contributed by atoms with Crippen LogP contribution in [0.25, 0.3) is 11.3 Å². The molecule has 2 aromatic rings. The molecule has 122 valence electrons. The molecule has 1 atom stereocenters. The lowest BCUT2D eigenvalue weighted by molar-refractivity contribution is 0.0949. The maximum Gasteiger partial charge on any atom is 0.261 e. The van der Waals surface area contributed by atoms with Gasteiger partial charge in [0.25, 0.3) is 11.5 Å². The minimum atomic E-state index is -0.363. The summed E-state index contributed by atoms with van der Waals surface area (Å²) >= 11 is 0. The van der Waals surface area contributed by atoms with Crippen molar-refractivity contribution in [3.63, 3.8) is 0 Å². The van der Waals surface area contributed by atoms with Crippen LogP contribution in [-0.2, 0) is 0 Å². The summed E-state index contributed by atoms with van der Waals surface area (Å²) in [7, 11) is 0. The molecule has 1 aliphatic rings. The summed E-state index contributed by atoms with van der Waals surface area (Å²) in [6, 6.07) is 13.2. The Morgan fingerprint density at radius 1 is 1.17 bits per heavy atom. The molecule has 0 radical (unpaired) electrons. The number of amides is 1. The Morgan fingerprint density at radius 2 is 1.96 bits per heavy atom. The largest absolute Gasteiger partial charge is 0.350 e. The number of hydrogen-bond acceptors (Lipinski definition) is 3. The molecule has 6 heteroatoms. The van der Waals surface area contributed by atoms with Gasteiger partial charge in [-0.25, -0.2) is 0 Å². The van der Waals surface area contributed by atoms with Crippen molar-refractivity contribution < 1.29 is 4.79 Å². The molecule has 1 aromatic heterocycles. The van der Waals surface area contributed by atoms with Crippen molar-refractivity contribution in [3.05, 3.63) is 58.4 Å². The minimum Gasteiger partial charge on any atom is -0.350 e. The van der Waals surface area contributed by atoms with Gasteiger partial charge in [-0.05, 0) is 37.1 Å². The summed E-state index contributed by atoms with van der Waals surface area (Å²) in [5, 5.41) is 6.13. The second-order valence-electron chi connectivity index (χ2n) is 5.48. The van der Waals surface area contributed by atoms with Gasteiger partial charge >= 0.3 is 0 Å². The van der Waals surface area contributed by atoms with Crippen molar-refractivity contribution in [3.8, 4) is 11.3 Å². The van der Waals surface area contributed by atoms with E-state index < -0.39 is 0 Å². The number of hydrogen-bond donors (Lipinski definition) is 3. The highest BCUT2D eigenvalue weighted by Crippen LogP contribution is 2.14. The Morgan fingerprint density at radius 3 is 2.61 bits per heavy atom. The zero-order valence-corrected chi connectivity index (χ0v) is 13.5. The summed E-state index contributed by atoms with van der Waals surface area (Å²) in [6.07, 6.45) is 2.19. The van der Waals surface area contributed by atoms with Crippen molar-refractivity contribution >= 4 is 18.3 Å². The molecule has 0 saturated carbocycles. The third-order valence-corrected chi connectivity index (χ3v) is 3.91. The number of nitrogens with one attached hydrogen (secondary N) is 3. The molecule has 0 aliphatic carbocycles. The van der Waals surface area contributed by atoms with E-state index in [2.05, 4.69) is 15.6 Å². The standard InChI is InChI=1S/C17H19N3O2.ClH/c21-16(19-11-13-7-4-10-18-13)14-8-9-15(20-17(14)22)12-5-2-1-3-6-12;/h1-3,5-6,8-9,13,18H,4,7,10-11H2,(H,19,21)(H,20,22);1H. The summed E-state index contributed by atoms with van der Waals surface area (Å²) < 4.78 is 0. The van der Waals surface area contributed by atoms with Crippen molar-refractivity contribution in [2.75, 3.05) is 13.1 Å². The lowest BCUT2D eigenvalue weighted by atomic mass is 10.1. The maximum atomic E-state index is 12.1. The normalized spacial score (nSPS) is 16.6. The highest BCUT2D eigenvalue weighted by molar-refractivity contribution is 5.94. The third kappa shape index (κ3) is 4.21. The van der Waals surface area contributed by atoms with Crippen LogP contribution in [0.1, 0.15) is 23.2 Å². The number of benzene rings is 1. The van der Waals surface area contributed by atoms with E-state index in [1.54, 1.807) is 12.1 Å². The van der Waals surface area contributed by atoms with Crippen LogP contribution in [-0.4, -0.2) is 30.0 Å². The quantitative estimate of drug-likeness (QED) is 0.800. The Balaban J connectivity index is 0.00000192. The van der Waals surface area contributed by atoms with Gasteiger partial charge in [-0.15, -0.1) is 12.4 Å². The summed E-state index contributed by atoms with van der Waals surface area (Å²) in [4.78, 5) is 27.0. The van der Waals surface area contributed by atoms with Crippen LogP contribution in [0.2, 0.25) is 0 Å². The van der Waals surface area contributed by atoms with Crippen LogP contribution in [0.4, 0.5) is 0 Å². The fourth-order valence-electron chi connectivity index (χ4n) is 2.68. The molecule has 5 nitrogen and oxygen atoms in total. The van der Waals surface area contributed by atoms with Gasteiger partial charge in [0.2, 0.25) is 0 Å². The lowest BCUT2D eigenvalue weighted by Gasteiger charge is -2.11. The zero-order valence-electron chi connectivity index (χ0n) is 12.7. The molecular weight excluding hydrogens is 314 g/mol. The number of rotatable bonds is 4. The zero-order chi connectivity index (χ0) is 15.4. The van der Waals surface area contributed by atoms with Gasteiger partial charge in [0.1, 0.15) is 5.56 Å². The lowest BCUT2D eigenvalue weighted by Crippen LogP contribution is -2.38. The van der Waals surface area contributed by atoms with E-state index in [4.69, 9.17) is 0 Å². The molecule has 1 saturated heterocycles. The Hall–Kier alpha value is -2.11. The summed E-state index contributed by atoms with van der Waals surface area (Å²) in [5.74, 6) is -0.324. The van der Waals surface area contributed by atoms with Crippen LogP contribution in [0.15, 0.2) is 47.3 Å². The topological polar surface area (TPSA) is 74.0 Å². The molecule has 2 heterocycles. The van der Waals surface area contributed by atoms with Crippen LogP contribution in [0.3, 0.4) is 0 Å². The third-order valence-electron chi connectivity index (χ3n) is 3.91. The van der Waals surface area contributed by atoms with E-state index in [-0.39, 0.29) is 29.4 Å². The van der Waals surface area contributed by atoms with E-state index >= 15 is 0 Å². The molecule has 1 fully saturated rings. The Labute approximate surface area is 140 Å². The summed E-state index contributed by atoms with van der Waals surface area (Å²) in [6.45, 7) is 1.55. The predicted molar refractivity (Wildman–Crippen MR) is 93.1 cm³/mol. The second kappa shape index (κ2) is 7.94. The first-order valence-electron chi connectivity index (χ1n) is 7.54. The molecule has 1 amide bonds. The van der Waals surface area contributed by atoms with Gasteiger partial charge in [0.05, 0.1) is 0 Å². The number of aromatic nitrogens is 1. The smallest absolute Gasteiger partial charge is 0.261 e. The van der Waals surface area contributed by atoms with E-state index in [0.29, 0.717) is 18.3 Å². The highest BCUT2D eigenvalue weighted by Gasteiger charge is 2.16. The number of H-pyrrole nitrogens is 1. The van der Waals surface area contributed by atoms with Gasteiger partial charge in [0, 0.05) is 18.3 Å². The van der Waals surface area contributed by atoms with Gasteiger partial charge in [0.15, 0.2) is 0 Å². The Kier molecular flexibility index (Phi) is 5.96. The Bertz CT molecular complexity index is 709. The molecule has 0 bridgehead atoms. The first-order chi connectivity index (χ1) is 10.7. The van der Waals surface area contributed by atoms with Crippen LogP contribution >= 0.6 is 12.4 Å². The van der Waals surface area contributed by atoms with Gasteiger partial charge < -0.3 is 15.6 Å². The molecule has 3 rings (SSSR count). The van der Waals surface area contributed by atoms with Crippen molar-refractivity contribution in [2.24, 2.45) is 0 Å². The van der Waals surface area contributed by atoms with Crippen molar-refractivity contribution in [1.29, 1.82) is 0 Å². The van der Waals surface area contributed by atoms with E-state index in [0.717, 1.165) is 24.9 Å². The number of aromatic amines is 1.